The molecule has 3 heteroatoms. The Balaban J connectivity index is 1.99. The van der Waals surface area contributed by atoms with Gasteiger partial charge in [0.05, 0.1) is 6.61 Å². The van der Waals surface area contributed by atoms with Crippen LogP contribution in [-0.2, 0) is 17.7 Å². The van der Waals surface area contributed by atoms with E-state index in [-0.39, 0.29) is 0 Å². The summed E-state index contributed by atoms with van der Waals surface area (Å²) in [5.74, 6) is 0. The second kappa shape index (κ2) is 7.70. The summed E-state index contributed by atoms with van der Waals surface area (Å²) in [4.78, 5) is 2.11. The molecule has 1 N–H and O–H groups in total. The molecule has 2 rings (SSSR count). The van der Waals surface area contributed by atoms with Gasteiger partial charge in [-0.2, -0.15) is 0 Å². The van der Waals surface area contributed by atoms with Crippen molar-refractivity contribution in [2.75, 3.05) is 38.0 Å². The topological polar surface area (TPSA) is 24.5 Å². The van der Waals surface area contributed by atoms with Gasteiger partial charge in [-0.05, 0) is 35.7 Å². The molecule has 112 valence electrons. The van der Waals surface area contributed by atoms with Gasteiger partial charge in [0.15, 0.2) is 0 Å². The molecule has 0 radical (unpaired) electrons. The summed E-state index contributed by atoms with van der Waals surface area (Å²) in [5, 5.41) is 3.52. The van der Waals surface area contributed by atoms with Crippen molar-refractivity contribution in [3.05, 3.63) is 59.7 Å². The van der Waals surface area contributed by atoms with Gasteiger partial charge in [-0.3, -0.25) is 0 Å². The van der Waals surface area contributed by atoms with Gasteiger partial charge in [-0.1, -0.05) is 30.3 Å². The molecule has 0 spiro atoms. The average molecular weight is 284 g/mol. The Morgan fingerprint density at radius 3 is 2.38 bits per heavy atom. The van der Waals surface area contributed by atoms with E-state index >= 15 is 0 Å². The lowest BCUT2D eigenvalue weighted by molar-refractivity contribution is 0.202. The number of methoxy groups -OCH3 is 1. The minimum absolute atomic E-state index is 0.746. The number of anilines is 2. The Hall–Kier alpha value is -2.00. The molecule has 0 bridgehead atoms. The largest absolute Gasteiger partial charge is 0.384 e. The predicted octanol–water partition coefficient (Wildman–Crippen LogP) is 3.55. The summed E-state index contributed by atoms with van der Waals surface area (Å²) in [6.45, 7) is 1.58. The first-order valence-electron chi connectivity index (χ1n) is 7.27. The summed E-state index contributed by atoms with van der Waals surface area (Å²) >= 11 is 0. The molecule has 21 heavy (non-hydrogen) atoms. The highest BCUT2D eigenvalue weighted by Crippen LogP contribution is 2.18. The Bertz CT molecular complexity index is 549. The van der Waals surface area contributed by atoms with E-state index in [1.165, 1.54) is 22.5 Å². The normalized spacial score (nSPS) is 10.4. The lowest BCUT2D eigenvalue weighted by Crippen LogP contribution is -2.09. The smallest absolute Gasteiger partial charge is 0.0503 e. The summed E-state index contributed by atoms with van der Waals surface area (Å²) in [7, 11) is 5.85. The van der Waals surface area contributed by atoms with Crippen LogP contribution in [0.4, 0.5) is 11.4 Å². The summed E-state index contributed by atoms with van der Waals surface area (Å²) in [6, 6.07) is 17.0. The molecular weight excluding hydrogens is 260 g/mol. The molecule has 2 aromatic carbocycles. The molecule has 0 aliphatic rings. The van der Waals surface area contributed by atoms with E-state index < -0.39 is 0 Å². The zero-order valence-corrected chi connectivity index (χ0v) is 13.1. The fourth-order valence-corrected chi connectivity index (χ4v) is 2.23. The van der Waals surface area contributed by atoms with Crippen molar-refractivity contribution in [2.45, 2.75) is 13.0 Å². The Morgan fingerprint density at radius 2 is 1.71 bits per heavy atom. The van der Waals surface area contributed by atoms with Crippen molar-refractivity contribution < 1.29 is 4.74 Å². The molecular formula is C18H24N2O. The summed E-state index contributed by atoms with van der Waals surface area (Å²) < 4.78 is 5.17. The number of nitrogens with zero attached hydrogens (tertiary/aromatic N) is 1. The van der Waals surface area contributed by atoms with Crippen molar-refractivity contribution in [2.24, 2.45) is 0 Å². The number of nitrogens with one attached hydrogen (secondary N) is 1. The Labute approximate surface area is 127 Å². The maximum Gasteiger partial charge on any atom is 0.0503 e. The Morgan fingerprint density at radius 1 is 1.00 bits per heavy atom. The summed E-state index contributed by atoms with van der Waals surface area (Å²) in [5.41, 5.74) is 4.98. The second-order valence-electron chi connectivity index (χ2n) is 5.31. The van der Waals surface area contributed by atoms with Crippen LogP contribution in [0.2, 0.25) is 0 Å². The average Bonchev–Trinajstić information content (AvgIpc) is 2.52. The van der Waals surface area contributed by atoms with Crippen molar-refractivity contribution in [1.29, 1.82) is 0 Å². The van der Waals surface area contributed by atoms with E-state index in [1.54, 1.807) is 7.11 Å². The van der Waals surface area contributed by atoms with Crippen molar-refractivity contribution in [3.63, 3.8) is 0 Å². The Kier molecular flexibility index (Phi) is 5.64. The van der Waals surface area contributed by atoms with Crippen LogP contribution in [0, 0.1) is 0 Å². The number of hydrogen-bond acceptors (Lipinski definition) is 3. The van der Waals surface area contributed by atoms with Crippen LogP contribution in [0.1, 0.15) is 11.1 Å². The molecule has 0 aromatic heterocycles. The lowest BCUT2D eigenvalue weighted by atomic mass is 10.1. The van der Waals surface area contributed by atoms with Gasteiger partial charge < -0.3 is 15.0 Å². The number of para-hydroxylation sites is 1. The van der Waals surface area contributed by atoms with Gasteiger partial charge in [0, 0.05) is 39.1 Å². The quantitative estimate of drug-likeness (QED) is 0.841. The number of rotatable bonds is 7. The van der Waals surface area contributed by atoms with Crippen LogP contribution >= 0.6 is 0 Å². The van der Waals surface area contributed by atoms with E-state index in [0.717, 1.165) is 19.6 Å². The van der Waals surface area contributed by atoms with E-state index in [0.29, 0.717) is 0 Å². The maximum atomic E-state index is 5.17. The van der Waals surface area contributed by atoms with Crippen LogP contribution in [0.3, 0.4) is 0 Å². The first kappa shape index (κ1) is 15.4. The fraction of sp³-hybridized carbons (Fsp3) is 0.333. The molecule has 0 saturated carbocycles. The first-order chi connectivity index (χ1) is 10.2. The molecule has 0 aliphatic carbocycles. The molecule has 0 saturated heterocycles. The van der Waals surface area contributed by atoms with Crippen molar-refractivity contribution >= 4 is 11.4 Å². The minimum Gasteiger partial charge on any atom is -0.384 e. The van der Waals surface area contributed by atoms with Gasteiger partial charge in [0.1, 0.15) is 0 Å². The molecule has 0 atom stereocenters. The molecule has 0 amide bonds. The molecule has 2 aromatic rings. The first-order valence-corrected chi connectivity index (χ1v) is 7.27. The third kappa shape index (κ3) is 4.50. The van der Waals surface area contributed by atoms with Crippen LogP contribution < -0.4 is 10.2 Å². The molecule has 0 aliphatic heterocycles. The van der Waals surface area contributed by atoms with E-state index in [9.17, 15) is 0 Å². The van der Waals surface area contributed by atoms with E-state index in [2.05, 4.69) is 72.8 Å². The number of ether oxygens (including phenoxy) is 1. The van der Waals surface area contributed by atoms with Gasteiger partial charge in [-0.25, -0.2) is 0 Å². The lowest BCUT2D eigenvalue weighted by Gasteiger charge is -2.14. The van der Waals surface area contributed by atoms with Crippen LogP contribution in [0.25, 0.3) is 0 Å². The molecule has 3 nitrogen and oxygen atoms in total. The van der Waals surface area contributed by atoms with Crippen LogP contribution in [0.5, 0.6) is 0 Å². The third-order valence-corrected chi connectivity index (χ3v) is 3.53. The van der Waals surface area contributed by atoms with E-state index in [4.69, 9.17) is 4.74 Å². The number of hydrogen-bond donors (Lipinski definition) is 1. The zero-order chi connectivity index (χ0) is 15.1. The molecule has 0 heterocycles. The van der Waals surface area contributed by atoms with E-state index in [1.807, 2.05) is 0 Å². The second-order valence-corrected chi connectivity index (χ2v) is 5.31. The zero-order valence-electron chi connectivity index (χ0n) is 13.1. The molecule has 0 unspecified atom stereocenters. The highest BCUT2D eigenvalue weighted by Gasteiger charge is 2.02. The predicted molar refractivity (Wildman–Crippen MR) is 90.1 cm³/mol. The van der Waals surface area contributed by atoms with Crippen molar-refractivity contribution in [1.82, 2.24) is 0 Å². The highest BCUT2D eigenvalue weighted by molar-refractivity contribution is 5.52. The monoisotopic (exact) mass is 284 g/mol. The minimum atomic E-state index is 0.746. The summed E-state index contributed by atoms with van der Waals surface area (Å²) in [6.07, 6.45) is 0.930. The van der Waals surface area contributed by atoms with Gasteiger partial charge in [-0.15, -0.1) is 0 Å². The fourth-order valence-electron chi connectivity index (χ4n) is 2.23. The third-order valence-electron chi connectivity index (χ3n) is 3.53. The maximum absolute atomic E-state index is 5.17. The van der Waals surface area contributed by atoms with Crippen LogP contribution in [-0.4, -0.2) is 27.8 Å². The highest BCUT2D eigenvalue weighted by atomic mass is 16.5. The molecule has 0 fully saturated rings. The SMILES string of the molecule is COCCc1ccccc1NCc1ccc(N(C)C)cc1. The standard InChI is InChI=1S/C18H24N2O/c1-20(2)17-10-8-15(9-11-17)14-19-18-7-5-4-6-16(18)12-13-21-3/h4-11,19H,12-14H2,1-3H3. The van der Waals surface area contributed by atoms with Gasteiger partial charge in [0.25, 0.3) is 0 Å². The number of benzene rings is 2. The van der Waals surface area contributed by atoms with Gasteiger partial charge >= 0.3 is 0 Å². The van der Waals surface area contributed by atoms with Gasteiger partial charge in [0.2, 0.25) is 0 Å². The van der Waals surface area contributed by atoms with Crippen LogP contribution in [0.15, 0.2) is 48.5 Å². The van der Waals surface area contributed by atoms with Crippen molar-refractivity contribution in [3.8, 4) is 0 Å².